The van der Waals surface area contributed by atoms with Crippen molar-refractivity contribution < 1.29 is 18.7 Å². The maximum absolute atomic E-state index is 13.3. The summed E-state index contributed by atoms with van der Waals surface area (Å²) in [6, 6.07) is 24.9. The Morgan fingerprint density at radius 1 is 0.970 bits per heavy atom. The molecule has 0 spiro atoms. The van der Waals surface area contributed by atoms with Crippen molar-refractivity contribution in [2.75, 3.05) is 0 Å². The Labute approximate surface area is 189 Å². The Morgan fingerprint density at radius 2 is 1.70 bits per heavy atom. The van der Waals surface area contributed by atoms with Crippen LogP contribution in [0.4, 0.5) is 4.39 Å². The van der Waals surface area contributed by atoms with Crippen molar-refractivity contribution >= 4 is 5.91 Å². The van der Waals surface area contributed by atoms with E-state index in [1.165, 1.54) is 24.3 Å². The van der Waals surface area contributed by atoms with Gasteiger partial charge in [-0.2, -0.15) is 5.26 Å². The number of rotatable bonds is 7. The summed E-state index contributed by atoms with van der Waals surface area (Å²) < 4.78 is 25.1. The number of amides is 1. The first kappa shape index (κ1) is 21.5. The molecular weight excluding hydrogens is 421 g/mol. The molecule has 0 saturated heterocycles. The van der Waals surface area contributed by atoms with Crippen molar-refractivity contribution in [2.24, 2.45) is 5.73 Å². The van der Waals surface area contributed by atoms with Gasteiger partial charge >= 0.3 is 0 Å². The van der Waals surface area contributed by atoms with E-state index < -0.39 is 5.91 Å². The highest BCUT2D eigenvalue weighted by Crippen LogP contribution is 2.31. The van der Waals surface area contributed by atoms with Gasteiger partial charge in [0.1, 0.15) is 35.4 Å². The number of pyridine rings is 1. The number of hydrogen-bond donors (Lipinski definition) is 1. The van der Waals surface area contributed by atoms with Crippen molar-refractivity contribution in [2.45, 2.75) is 6.61 Å². The van der Waals surface area contributed by atoms with Crippen molar-refractivity contribution in [1.29, 1.82) is 5.26 Å². The lowest BCUT2D eigenvalue weighted by molar-refractivity contribution is 0.0995. The zero-order chi connectivity index (χ0) is 23.2. The second-order valence-electron chi connectivity index (χ2n) is 7.08. The van der Waals surface area contributed by atoms with Crippen LogP contribution in [-0.4, -0.2) is 10.9 Å². The first-order valence-corrected chi connectivity index (χ1v) is 9.98. The molecule has 0 radical (unpaired) electrons. The van der Waals surface area contributed by atoms with E-state index in [2.05, 4.69) is 11.1 Å². The minimum Gasteiger partial charge on any atom is -0.489 e. The first-order valence-electron chi connectivity index (χ1n) is 9.98. The normalized spacial score (nSPS) is 10.3. The SMILES string of the molecule is N#Cc1ccc(OCc2cc(-c3cccc(C(N)=O)n3)ccc2Oc2ccc(F)cc2)cc1. The van der Waals surface area contributed by atoms with Crippen molar-refractivity contribution in [3.8, 4) is 34.6 Å². The number of halogens is 1. The fourth-order valence-electron chi connectivity index (χ4n) is 3.10. The Hall–Kier alpha value is -4.70. The van der Waals surface area contributed by atoms with Gasteiger partial charge < -0.3 is 15.2 Å². The van der Waals surface area contributed by atoms with Crippen LogP contribution in [0.1, 0.15) is 21.6 Å². The van der Waals surface area contributed by atoms with Crippen molar-refractivity contribution in [3.63, 3.8) is 0 Å². The molecule has 3 aromatic carbocycles. The van der Waals surface area contributed by atoms with E-state index in [9.17, 15) is 9.18 Å². The van der Waals surface area contributed by atoms with Gasteiger partial charge in [-0.25, -0.2) is 9.37 Å². The second-order valence-corrected chi connectivity index (χ2v) is 7.08. The van der Waals surface area contributed by atoms with Gasteiger partial charge in [0.05, 0.1) is 17.3 Å². The molecule has 0 aliphatic carbocycles. The van der Waals surface area contributed by atoms with Gasteiger partial charge in [0, 0.05) is 11.1 Å². The summed E-state index contributed by atoms with van der Waals surface area (Å²) in [5.41, 5.74) is 8.06. The molecule has 1 amide bonds. The van der Waals surface area contributed by atoms with Crippen LogP contribution >= 0.6 is 0 Å². The minimum absolute atomic E-state index is 0.159. The van der Waals surface area contributed by atoms with Crippen LogP contribution in [0.2, 0.25) is 0 Å². The van der Waals surface area contributed by atoms with E-state index in [0.29, 0.717) is 34.1 Å². The molecule has 2 N–H and O–H groups in total. The van der Waals surface area contributed by atoms with Gasteiger partial charge in [-0.15, -0.1) is 0 Å². The Balaban J connectivity index is 1.66. The highest BCUT2D eigenvalue weighted by Gasteiger charge is 2.12. The van der Waals surface area contributed by atoms with E-state index in [0.717, 1.165) is 5.56 Å². The molecule has 1 aromatic heterocycles. The third kappa shape index (κ3) is 5.32. The Morgan fingerprint density at radius 3 is 2.39 bits per heavy atom. The van der Waals surface area contributed by atoms with E-state index >= 15 is 0 Å². The number of carbonyl (C=O) groups is 1. The number of ether oxygens (including phenoxy) is 2. The van der Waals surface area contributed by atoms with E-state index in [-0.39, 0.29) is 18.1 Å². The number of aromatic nitrogens is 1. The molecule has 4 rings (SSSR count). The summed E-state index contributed by atoms with van der Waals surface area (Å²) in [5.74, 6) is 0.601. The molecule has 0 fully saturated rings. The first-order chi connectivity index (χ1) is 16.0. The molecule has 0 saturated carbocycles. The minimum atomic E-state index is -0.613. The van der Waals surface area contributed by atoms with Crippen LogP contribution in [0.25, 0.3) is 11.3 Å². The molecule has 4 aromatic rings. The van der Waals surface area contributed by atoms with Gasteiger partial charge in [0.15, 0.2) is 0 Å². The lowest BCUT2D eigenvalue weighted by atomic mass is 10.1. The van der Waals surface area contributed by atoms with Gasteiger partial charge in [-0.1, -0.05) is 6.07 Å². The number of nitrogens with two attached hydrogens (primary N) is 1. The molecule has 6 nitrogen and oxygen atoms in total. The maximum Gasteiger partial charge on any atom is 0.267 e. The third-order valence-electron chi connectivity index (χ3n) is 4.78. The van der Waals surface area contributed by atoms with Crippen molar-refractivity contribution in [1.82, 2.24) is 4.98 Å². The summed E-state index contributed by atoms with van der Waals surface area (Å²) in [7, 11) is 0. The Kier molecular flexibility index (Phi) is 6.28. The third-order valence-corrected chi connectivity index (χ3v) is 4.78. The zero-order valence-electron chi connectivity index (χ0n) is 17.4. The van der Waals surface area contributed by atoms with Gasteiger partial charge in [-0.05, 0) is 78.9 Å². The van der Waals surface area contributed by atoms with E-state index in [1.807, 2.05) is 6.07 Å². The molecular formula is C26H18FN3O3. The average molecular weight is 439 g/mol. The summed E-state index contributed by atoms with van der Waals surface area (Å²) in [6.45, 7) is 0.159. The highest BCUT2D eigenvalue weighted by molar-refractivity contribution is 5.91. The number of nitrogens with zero attached hydrogens (tertiary/aromatic N) is 2. The predicted molar refractivity (Wildman–Crippen MR) is 120 cm³/mol. The zero-order valence-corrected chi connectivity index (χ0v) is 17.4. The summed E-state index contributed by atoms with van der Waals surface area (Å²) in [4.78, 5) is 15.8. The van der Waals surface area contributed by atoms with Crippen LogP contribution in [-0.2, 0) is 6.61 Å². The lowest BCUT2D eigenvalue weighted by Crippen LogP contribution is -2.13. The van der Waals surface area contributed by atoms with E-state index in [1.54, 1.807) is 54.6 Å². The molecule has 1 heterocycles. The van der Waals surface area contributed by atoms with Crippen LogP contribution in [0.15, 0.2) is 84.9 Å². The smallest absolute Gasteiger partial charge is 0.267 e. The quantitative estimate of drug-likeness (QED) is 0.425. The summed E-state index contributed by atoms with van der Waals surface area (Å²) in [5, 5.41) is 8.96. The van der Waals surface area contributed by atoms with E-state index in [4.69, 9.17) is 20.5 Å². The second kappa shape index (κ2) is 9.62. The molecule has 162 valence electrons. The highest BCUT2D eigenvalue weighted by atomic mass is 19.1. The number of nitriles is 1. The lowest BCUT2D eigenvalue weighted by Gasteiger charge is -2.14. The number of hydrogen-bond acceptors (Lipinski definition) is 5. The van der Waals surface area contributed by atoms with Gasteiger partial charge in [0.25, 0.3) is 5.91 Å². The fourth-order valence-corrected chi connectivity index (χ4v) is 3.10. The van der Waals surface area contributed by atoms with Gasteiger partial charge in [0.2, 0.25) is 0 Å². The molecule has 0 unspecified atom stereocenters. The molecule has 0 aliphatic heterocycles. The largest absolute Gasteiger partial charge is 0.489 e. The number of benzene rings is 3. The standard InChI is InChI=1S/C26H18FN3O3/c27-20-7-11-22(12-8-20)33-25-13-6-18(23-2-1-3-24(30-23)26(29)31)14-19(25)16-32-21-9-4-17(15-28)5-10-21/h1-14H,16H2,(H2,29,31). The van der Waals surface area contributed by atoms with Crippen molar-refractivity contribution in [3.05, 3.63) is 108 Å². The molecule has 0 bridgehead atoms. The topological polar surface area (TPSA) is 98.2 Å². The Bertz CT molecular complexity index is 1330. The summed E-state index contributed by atoms with van der Waals surface area (Å²) in [6.07, 6.45) is 0. The maximum atomic E-state index is 13.3. The fraction of sp³-hybridized carbons (Fsp3) is 0.0385. The molecule has 33 heavy (non-hydrogen) atoms. The predicted octanol–water partition coefficient (Wildman–Crippen LogP) is 5.23. The molecule has 0 aliphatic rings. The van der Waals surface area contributed by atoms with Crippen LogP contribution < -0.4 is 15.2 Å². The van der Waals surface area contributed by atoms with Crippen LogP contribution in [0, 0.1) is 17.1 Å². The monoisotopic (exact) mass is 439 g/mol. The average Bonchev–Trinajstić information content (AvgIpc) is 2.85. The van der Waals surface area contributed by atoms with Crippen LogP contribution in [0.3, 0.4) is 0 Å². The van der Waals surface area contributed by atoms with Crippen LogP contribution in [0.5, 0.6) is 17.2 Å². The number of primary amides is 1. The molecule has 0 atom stereocenters. The van der Waals surface area contributed by atoms with Gasteiger partial charge in [-0.3, -0.25) is 4.79 Å². The summed E-state index contributed by atoms with van der Waals surface area (Å²) >= 11 is 0. The molecule has 7 heteroatoms. The number of carbonyl (C=O) groups excluding carboxylic acids is 1.